The van der Waals surface area contributed by atoms with E-state index in [9.17, 15) is 0 Å². The molecule has 0 spiro atoms. The van der Waals surface area contributed by atoms with Crippen LogP contribution in [0.3, 0.4) is 0 Å². The molecule has 0 aliphatic heterocycles. The topological polar surface area (TPSA) is 47.0 Å². The summed E-state index contributed by atoms with van der Waals surface area (Å²) >= 11 is 3.49. The molecule has 0 aliphatic rings. The smallest absolute Gasteiger partial charge is 0.257 e. The molecule has 18 heavy (non-hydrogen) atoms. The van der Waals surface area contributed by atoms with Crippen molar-refractivity contribution in [3.63, 3.8) is 0 Å². The molecule has 0 saturated heterocycles. The van der Waals surface area contributed by atoms with Gasteiger partial charge in [-0.05, 0) is 48.8 Å². The molecule has 1 N–H and O–H groups in total. The number of methoxy groups -OCH3 is 1. The second-order valence-electron chi connectivity index (χ2n) is 5.06. The first-order valence-electron chi connectivity index (χ1n) is 5.69. The lowest BCUT2D eigenvalue weighted by molar-refractivity contribution is 0.398. The van der Waals surface area contributed by atoms with E-state index in [1.54, 1.807) is 7.11 Å². The molecule has 0 radical (unpaired) electrons. The predicted octanol–water partition coefficient (Wildman–Crippen LogP) is 3.61. The molecule has 1 aromatic heterocycles. The Labute approximate surface area is 115 Å². The van der Waals surface area contributed by atoms with Crippen LogP contribution < -0.4 is 10.1 Å². The molecular formula is C13H16BrN3O. The van der Waals surface area contributed by atoms with Gasteiger partial charge in [0, 0.05) is 10.0 Å². The average Bonchev–Trinajstić information content (AvgIpc) is 2.27. The monoisotopic (exact) mass is 309 g/mol. The number of anilines is 1. The Kier molecular flexibility index (Phi) is 3.43. The van der Waals surface area contributed by atoms with E-state index in [2.05, 4.69) is 52.0 Å². The maximum absolute atomic E-state index is 5.29. The number of hydrogen-bond acceptors (Lipinski definition) is 4. The Hall–Kier alpha value is -1.36. The predicted molar refractivity (Wildman–Crippen MR) is 77.2 cm³/mol. The van der Waals surface area contributed by atoms with Gasteiger partial charge in [-0.15, -0.1) is 0 Å². The highest BCUT2D eigenvalue weighted by Gasteiger charge is 2.16. The number of para-hydroxylation sites is 1. The van der Waals surface area contributed by atoms with Gasteiger partial charge in [0.1, 0.15) is 5.52 Å². The molecule has 5 heteroatoms. The molecule has 0 atom stereocenters. The second-order valence-corrected chi connectivity index (χ2v) is 5.92. The van der Waals surface area contributed by atoms with Crippen molar-refractivity contribution in [2.45, 2.75) is 26.3 Å². The maximum Gasteiger partial charge on any atom is 0.257 e. The number of benzene rings is 1. The Morgan fingerprint density at radius 1 is 1.22 bits per heavy atom. The highest BCUT2D eigenvalue weighted by molar-refractivity contribution is 9.10. The van der Waals surface area contributed by atoms with E-state index >= 15 is 0 Å². The summed E-state index contributed by atoms with van der Waals surface area (Å²) in [5.74, 6) is 1.17. The van der Waals surface area contributed by atoms with Gasteiger partial charge >= 0.3 is 0 Å². The van der Waals surface area contributed by atoms with Crippen LogP contribution in [0, 0.1) is 0 Å². The molecule has 0 unspecified atom stereocenters. The summed E-state index contributed by atoms with van der Waals surface area (Å²) in [6.45, 7) is 6.20. The summed E-state index contributed by atoms with van der Waals surface area (Å²) in [7, 11) is 1.60. The van der Waals surface area contributed by atoms with Gasteiger partial charge < -0.3 is 10.1 Å². The van der Waals surface area contributed by atoms with Crippen molar-refractivity contribution in [3.8, 4) is 5.88 Å². The first-order valence-corrected chi connectivity index (χ1v) is 6.48. The molecule has 0 bridgehead atoms. The standard InChI is InChI=1S/C13H16BrN3O/c1-13(2,3)17-11-12(18-4)15-9-7-5-6-8(14)10(9)16-11/h5-7H,1-4H3,(H,16,17). The van der Waals surface area contributed by atoms with Crippen molar-refractivity contribution in [1.29, 1.82) is 0 Å². The first kappa shape index (κ1) is 13.1. The molecule has 4 nitrogen and oxygen atoms in total. The van der Waals surface area contributed by atoms with Gasteiger partial charge in [-0.3, -0.25) is 0 Å². The molecule has 0 saturated carbocycles. The van der Waals surface area contributed by atoms with E-state index in [0.29, 0.717) is 11.7 Å². The summed E-state index contributed by atoms with van der Waals surface area (Å²) < 4.78 is 6.21. The van der Waals surface area contributed by atoms with Crippen LogP contribution in [0.4, 0.5) is 5.82 Å². The first-order chi connectivity index (χ1) is 8.40. The van der Waals surface area contributed by atoms with Crippen LogP contribution in [0.15, 0.2) is 22.7 Å². The van der Waals surface area contributed by atoms with E-state index in [4.69, 9.17) is 4.74 Å². The summed E-state index contributed by atoms with van der Waals surface area (Å²) in [5.41, 5.74) is 1.53. The number of aromatic nitrogens is 2. The third-order valence-electron chi connectivity index (χ3n) is 2.30. The minimum atomic E-state index is -0.100. The second kappa shape index (κ2) is 4.72. The third-order valence-corrected chi connectivity index (χ3v) is 2.94. The van der Waals surface area contributed by atoms with E-state index in [1.807, 2.05) is 18.2 Å². The number of hydrogen-bond donors (Lipinski definition) is 1. The van der Waals surface area contributed by atoms with Gasteiger partial charge in [0.05, 0.1) is 12.6 Å². The highest BCUT2D eigenvalue weighted by Crippen LogP contribution is 2.29. The van der Waals surface area contributed by atoms with Crippen molar-refractivity contribution in [2.75, 3.05) is 12.4 Å². The van der Waals surface area contributed by atoms with Gasteiger partial charge in [-0.1, -0.05) is 6.07 Å². The van der Waals surface area contributed by atoms with Crippen molar-refractivity contribution >= 4 is 32.8 Å². The fourth-order valence-electron chi connectivity index (χ4n) is 1.61. The van der Waals surface area contributed by atoms with Gasteiger partial charge in [0.15, 0.2) is 5.82 Å². The lowest BCUT2D eigenvalue weighted by atomic mass is 10.1. The average molecular weight is 310 g/mol. The van der Waals surface area contributed by atoms with E-state index < -0.39 is 0 Å². The summed E-state index contributed by atoms with van der Waals surface area (Å²) in [6.07, 6.45) is 0. The zero-order valence-corrected chi connectivity index (χ0v) is 12.5. The van der Waals surface area contributed by atoms with Crippen LogP contribution in [0.2, 0.25) is 0 Å². The lowest BCUT2D eigenvalue weighted by Crippen LogP contribution is -2.27. The fraction of sp³-hybridized carbons (Fsp3) is 0.385. The third kappa shape index (κ3) is 2.72. The van der Waals surface area contributed by atoms with E-state index in [0.717, 1.165) is 15.5 Å². The number of fused-ring (bicyclic) bond motifs is 1. The SMILES string of the molecule is COc1nc2cccc(Br)c2nc1NC(C)(C)C. The Bertz CT molecular complexity index is 578. The largest absolute Gasteiger partial charge is 0.478 e. The molecule has 2 rings (SSSR count). The van der Waals surface area contributed by atoms with Gasteiger partial charge in [0.25, 0.3) is 5.88 Å². The van der Waals surface area contributed by atoms with Crippen LogP contribution in [0.1, 0.15) is 20.8 Å². The number of halogens is 1. The fourth-order valence-corrected chi connectivity index (χ4v) is 2.05. The van der Waals surface area contributed by atoms with Crippen LogP contribution in [-0.4, -0.2) is 22.6 Å². The zero-order chi connectivity index (χ0) is 13.3. The Morgan fingerprint density at radius 3 is 2.56 bits per heavy atom. The summed E-state index contributed by atoms with van der Waals surface area (Å²) in [4.78, 5) is 9.05. The van der Waals surface area contributed by atoms with Gasteiger partial charge in [-0.25, -0.2) is 9.97 Å². The minimum absolute atomic E-state index is 0.100. The number of nitrogens with one attached hydrogen (secondary N) is 1. The summed E-state index contributed by atoms with van der Waals surface area (Å²) in [6, 6.07) is 5.79. The summed E-state index contributed by atoms with van der Waals surface area (Å²) in [5, 5.41) is 3.30. The van der Waals surface area contributed by atoms with Crippen LogP contribution >= 0.6 is 15.9 Å². The minimum Gasteiger partial charge on any atom is -0.478 e. The molecule has 2 aromatic rings. The maximum atomic E-state index is 5.29. The Morgan fingerprint density at radius 2 is 1.94 bits per heavy atom. The van der Waals surface area contributed by atoms with E-state index in [-0.39, 0.29) is 5.54 Å². The van der Waals surface area contributed by atoms with Crippen LogP contribution in [0.25, 0.3) is 11.0 Å². The molecule has 0 aliphatic carbocycles. The number of rotatable bonds is 2. The molecule has 0 fully saturated rings. The quantitative estimate of drug-likeness (QED) is 0.920. The molecule has 0 amide bonds. The Balaban J connectivity index is 2.60. The molecule has 1 heterocycles. The van der Waals surface area contributed by atoms with Crippen LogP contribution in [0.5, 0.6) is 5.88 Å². The van der Waals surface area contributed by atoms with Gasteiger partial charge in [0.2, 0.25) is 0 Å². The highest BCUT2D eigenvalue weighted by atomic mass is 79.9. The zero-order valence-electron chi connectivity index (χ0n) is 10.9. The van der Waals surface area contributed by atoms with Crippen LogP contribution in [-0.2, 0) is 0 Å². The van der Waals surface area contributed by atoms with Crippen molar-refractivity contribution in [2.24, 2.45) is 0 Å². The number of nitrogens with zero attached hydrogens (tertiary/aromatic N) is 2. The molecule has 1 aromatic carbocycles. The molecular weight excluding hydrogens is 294 g/mol. The lowest BCUT2D eigenvalue weighted by Gasteiger charge is -2.22. The van der Waals surface area contributed by atoms with Gasteiger partial charge in [-0.2, -0.15) is 0 Å². The normalized spacial score (nSPS) is 11.6. The van der Waals surface area contributed by atoms with Crippen molar-refractivity contribution in [3.05, 3.63) is 22.7 Å². The van der Waals surface area contributed by atoms with Crippen molar-refractivity contribution in [1.82, 2.24) is 9.97 Å². The van der Waals surface area contributed by atoms with E-state index in [1.165, 1.54) is 0 Å². The number of ether oxygens (including phenoxy) is 1. The molecule has 96 valence electrons. The van der Waals surface area contributed by atoms with Crippen molar-refractivity contribution < 1.29 is 4.74 Å².